The average Bonchev–Trinajstić information content (AvgIpc) is 3.00. The lowest BCUT2D eigenvalue weighted by atomic mass is 10.0. The third-order valence-corrected chi connectivity index (χ3v) is 3.85. The lowest BCUT2D eigenvalue weighted by Crippen LogP contribution is -2.49. The molecule has 1 saturated heterocycles. The third-order valence-electron chi connectivity index (χ3n) is 3.85. The van der Waals surface area contributed by atoms with Crippen molar-refractivity contribution in [1.29, 1.82) is 0 Å². The predicted molar refractivity (Wildman–Crippen MR) is 79.6 cm³/mol. The van der Waals surface area contributed by atoms with Crippen LogP contribution in [0.1, 0.15) is 39.2 Å². The van der Waals surface area contributed by atoms with Crippen molar-refractivity contribution in [3.63, 3.8) is 0 Å². The fourth-order valence-corrected chi connectivity index (χ4v) is 2.36. The molecule has 108 valence electrons. The van der Waals surface area contributed by atoms with Crippen LogP contribution in [0.4, 0.5) is 0 Å². The van der Waals surface area contributed by atoms with Gasteiger partial charge < -0.3 is 4.84 Å². The highest BCUT2D eigenvalue weighted by molar-refractivity contribution is 5.98. The monoisotopic (exact) mass is 274 g/mol. The highest BCUT2D eigenvalue weighted by Gasteiger charge is 2.38. The Labute approximate surface area is 120 Å². The molecule has 1 heterocycles. The molecule has 4 nitrogen and oxygen atoms in total. The first kappa shape index (κ1) is 14.7. The maximum atomic E-state index is 12.2. The Kier molecular flexibility index (Phi) is 4.55. The smallest absolute Gasteiger partial charge is 0.316 e. The van der Waals surface area contributed by atoms with Crippen LogP contribution in [0.5, 0.6) is 0 Å². The minimum absolute atomic E-state index is 0.297. The molecule has 4 heteroatoms. The van der Waals surface area contributed by atoms with Crippen LogP contribution in [0.25, 0.3) is 0 Å². The molecule has 1 aliphatic heterocycles. The van der Waals surface area contributed by atoms with Crippen LogP contribution in [0.2, 0.25) is 0 Å². The molecule has 0 aliphatic carbocycles. The summed E-state index contributed by atoms with van der Waals surface area (Å²) in [7, 11) is 0. The van der Waals surface area contributed by atoms with Gasteiger partial charge in [-0.25, -0.2) is 4.79 Å². The Hall–Kier alpha value is -1.68. The zero-order valence-corrected chi connectivity index (χ0v) is 12.4. The van der Waals surface area contributed by atoms with E-state index < -0.39 is 5.54 Å². The number of carbonyl (C=O) groups is 1. The van der Waals surface area contributed by atoms with Gasteiger partial charge in [0.05, 0.1) is 5.71 Å². The van der Waals surface area contributed by atoms with Gasteiger partial charge in [-0.05, 0) is 52.3 Å². The highest BCUT2D eigenvalue weighted by atomic mass is 16.7. The zero-order chi connectivity index (χ0) is 14.6. The van der Waals surface area contributed by atoms with Crippen LogP contribution in [-0.2, 0) is 9.63 Å². The van der Waals surface area contributed by atoms with Crippen molar-refractivity contribution in [2.75, 3.05) is 13.1 Å². The zero-order valence-electron chi connectivity index (χ0n) is 12.4. The summed E-state index contributed by atoms with van der Waals surface area (Å²) in [5, 5.41) is 3.97. The molecule has 0 amide bonds. The molecule has 0 bridgehead atoms. The Morgan fingerprint density at radius 1 is 1.20 bits per heavy atom. The van der Waals surface area contributed by atoms with Gasteiger partial charge in [0.25, 0.3) is 0 Å². The highest BCUT2D eigenvalue weighted by Crippen LogP contribution is 2.22. The third kappa shape index (κ3) is 3.25. The molecule has 0 N–H and O–H groups in total. The first-order valence-corrected chi connectivity index (χ1v) is 7.08. The van der Waals surface area contributed by atoms with Crippen molar-refractivity contribution in [2.45, 2.75) is 39.2 Å². The number of likely N-dealkylation sites (tertiary alicyclic amines) is 1. The minimum Gasteiger partial charge on any atom is -0.316 e. The maximum Gasteiger partial charge on any atom is 0.354 e. The molecular formula is C16H22N2O2. The molecule has 0 atom stereocenters. The summed E-state index contributed by atoms with van der Waals surface area (Å²) in [6.45, 7) is 7.53. The summed E-state index contributed by atoms with van der Waals surface area (Å²) in [6, 6.07) is 9.70. The second-order valence-electron chi connectivity index (χ2n) is 5.67. The summed E-state index contributed by atoms with van der Waals surface area (Å²) < 4.78 is 0. The summed E-state index contributed by atoms with van der Waals surface area (Å²) >= 11 is 0. The quantitative estimate of drug-likeness (QED) is 0.481. The van der Waals surface area contributed by atoms with Gasteiger partial charge in [-0.1, -0.05) is 35.5 Å². The topological polar surface area (TPSA) is 41.9 Å². The fraction of sp³-hybridized carbons (Fsp3) is 0.500. The average molecular weight is 274 g/mol. The van der Waals surface area contributed by atoms with E-state index in [0.717, 1.165) is 31.5 Å². The second kappa shape index (κ2) is 6.18. The van der Waals surface area contributed by atoms with Gasteiger partial charge in [0.2, 0.25) is 0 Å². The van der Waals surface area contributed by atoms with Crippen molar-refractivity contribution in [3.05, 3.63) is 35.9 Å². The van der Waals surface area contributed by atoms with Gasteiger partial charge in [0.15, 0.2) is 0 Å². The van der Waals surface area contributed by atoms with Crippen LogP contribution in [-0.4, -0.2) is 35.2 Å². The minimum atomic E-state index is -0.614. The second-order valence-corrected chi connectivity index (χ2v) is 5.67. The van der Waals surface area contributed by atoms with Crippen LogP contribution in [0, 0.1) is 0 Å². The number of carbonyl (C=O) groups excluding carboxylic acids is 1. The number of benzene rings is 1. The van der Waals surface area contributed by atoms with Gasteiger partial charge in [0.1, 0.15) is 5.54 Å². The number of hydrogen-bond acceptors (Lipinski definition) is 4. The summed E-state index contributed by atoms with van der Waals surface area (Å²) in [5.41, 5.74) is 1.05. The van der Waals surface area contributed by atoms with E-state index >= 15 is 0 Å². The van der Waals surface area contributed by atoms with Crippen molar-refractivity contribution in [3.8, 4) is 0 Å². The van der Waals surface area contributed by atoms with Gasteiger partial charge in [-0.15, -0.1) is 0 Å². The van der Waals surface area contributed by atoms with Gasteiger partial charge >= 0.3 is 5.97 Å². The SMILES string of the molecule is CC(=NOC(=O)C(C)(C)N1CCCC1)c1ccccc1. The lowest BCUT2D eigenvalue weighted by molar-refractivity contribution is -0.155. The first-order chi connectivity index (χ1) is 9.51. The largest absolute Gasteiger partial charge is 0.354 e. The number of rotatable bonds is 4. The van der Waals surface area contributed by atoms with Crippen LogP contribution in [0.15, 0.2) is 35.5 Å². The Bertz CT molecular complexity index is 488. The first-order valence-electron chi connectivity index (χ1n) is 7.08. The molecule has 1 aliphatic rings. The normalized spacial score (nSPS) is 17.2. The number of oxime groups is 1. The van der Waals surface area contributed by atoms with E-state index in [1.54, 1.807) is 0 Å². The van der Waals surface area contributed by atoms with Gasteiger partial charge in [-0.2, -0.15) is 0 Å². The molecule has 1 aromatic rings. The summed E-state index contributed by atoms with van der Waals surface area (Å²) in [4.78, 5) is 19.5. The molecule has 0 radical (unpaired) electrons. The van der Waals surface area contributed by atoms with E-state index in [2.05, 4.69) is 10.1 Å². The van der Waals surface area contributed by atoms with Crippen molar-refractivity contribution < 1.29 is 9.63 Å². The summed E-state index contributed by atoms with van der Waals surface area (Å²) in [6.07, 6.45) is 2.28. The van der Waals surface area contributed by atoms with E-state index in [-0.39, 0.29) is 5.97 Å². The molecule has 0 aromatic heterocycles. The van der Waals surface area contributed by atoms with E-state index in [1.165, 1.54) is 0 Å². The van der Waals surface area contributed by atoms with Crippen molar-refractivity contribution >= 4 is 11.7 Å². The fourth-order valence-electron chi connectivity index (χ4n) is 2.36. The predicted octanol–water partition coefficient (Wildman–Crippen LogP) is 2.83. The van der Waals surface area contributed by atoms with Gasteiger partial charge in [-0.3, -0.25) is 4.90 Å². The van der Waals surface area contributed by atoms with E-state index in [4.69, 9.17) is 4.84 Å². The lowest BCUT2D eigenvalue weighted by Gasteiger charge is -2.31. The number of hydrogen-bond donors (Lipinski definition) is 0. The number of nitrogens with zero attached hydrogens (tertiary/aromatic N) is 2. The van der Waals surface area contributed by atoms with E-state index in [9.17, 15) is 4.79 Å². The van der Waals surface area contributed by atoms with Gasteiger partial charge in [0, 0.05) is 0 Å². The van der Waals surface area contributed by atoms with Crippen LogP contribution >= 0.6 is 0 Å². The Balaban J connectivity index is 2.01. The van der Waals surface area contributed by atoms with E-state index in [1.807, 2.05) is 51.1 Å². The molecule has 0 unspecified atom stereocenters. The van der Waals surface area contributed by atoms with Crippen molar-refractivity contribution in [2.24, 2.45) is 5.16 Å². The Morgan fingerprint density at radius 3 is 2.40 bits per heavy atom. The molecule has 2 rings (SSSR count). The van der Waals surface area contributed by atoms with Crippen LogP contribution < -0.4 is 0 Å². The van der Waals surface area contributed by atoms with Crippen molar-refractivity contribution in [1.82, 2.24) is 4.90 Å². The van der Waals surface area contributed by atoms with Crippen LogP contribution in [0.3, 0.4) is 0 Å². The molecule has 1 aromatic carbocycles. The maximum absolute atomic E-state index is 12.2. The molecule has 0 spiro atoms. The summed E-state index contributed by atoms with van der Waals surface area (Å²) in [5.74, 6) is -0.297. The Morgan fingerprint density at radius 2 is 1.80 bits per heavy atom. The molecular weight excluding hydrogens is 252 g/mol. The molecule has 0 saturated carbocycles. The standard InChI is InChI=1S/C16H22N2O2/c1-13(14-9-5-4-6-10-14)17-20-15(19)16(2,3)18-11-7-8-12-18/h4-6,9-10H,7-8,11-12H2,1-3H3. The van der Waals surface area contributed by atoms with E-state index in [0.29, 0.717) is 5.71 Å². The molecule has 1 fully saturated rings. The molecule has 20 heavy (non-hydrogen) atoms.